The highest BCUT2D eigenvalue weighted by molar-refractivity contribution is 8.03. The number of benzene rings is 9. The minimum absolute atomic E-state index is 0.00877. The molecule has 9 rings (SSSR count). The number of hydrogen-bond donors (Lipinski definition) is 0. The second-order valence-corrected chi connectivity index (χ2v) is 45.9. The van der Waals surface area contributed by atoms with E-state index >= 15 is 0 Å². The van der Waals surface area contributed by atoms with Crippen molar-refractivity contribution in [1.29, 1.82) is 0 Å². The predicted molar refractivity (Wildman–Crippen MR) is 590 cm³/mol. The zero-order chi connectivity index (χ0) is 113. The fourth-order valence-electron chi connectivity index (χ4n) is 11.5. The Labute approximate surface area is 891 Å². The molecule has 0 aliphatic rings. The number of ether oxygens (including phenoxy) is 3. The van der Waals surface area contributed by atoms with Crippen LogP contribution in [-0.2, 0) is 101 Å². The van der Waals surface area contributed by atoms with Crippen molar-refractivity contribution in [2.45, 2.75) is 172 Å². The van der Waals surface area contributed by atoms with Crippen LogP contribution >= 0.6 is 0 Å². The van der Waals surface area contributed by atoms with Gasteiger partial charge >= 0.3 is 26.5 Å². The van der Waals surface area contributed by atoms with Crippen molar-refractivity contribution in [2.75, 3.05) is 24.7 Å². The Morgan fingerprint density at radius 3 is 0.773 bits per heavy atom. The van der Waals surface area contributed by atoms with Crippen LogP contribution < -0.4 is 18.4 Å². The number of hydrogen-bond acceptors (Lipinski definition) is 18. The van der Waals surface area contributed by atoms with Crippen LogP contribution in [0.2, 0.25) is 0 Å². The Morgan fingerprint density at radius 2 is 0.547 bits per heavy atom. The Morgan fingerprint density at radius 1 is 0.313 bits per heavy atom. The molecule has 0 saturated carbocycles. The van der Waals surface area contributed by atoms with Gasteiger partial charge in [-0.3, -0.25) is 0 Å². The molecule has 0 spiro atoms. The molecular weight excluding hydrogens is 2120 g/mol. The maximum Gasteiger partial charge on any atom is 0.450 e. The van der Waals surface area contributed by atoms with Crippen LogP contribution in [0.4, 0.5) is 43.9 Å². The molecule has 9 aromatic carbocycles. The van der Waals surface area contributed by atoms with E-state index in [-0.39, 0.29) is 79.8 Å². The van der Waals surface area contributed by atoms with Crippen molar-refractivity contribution in [2.24, 2.45) is 0 Å². The molecule has 4 atom stereocenters. The van der Waals surface area contributed by atoms with E-state index in [1.165, 1.54) is 55.0 Å². The summed E-state index contributed by atoms with van der Waals surface area (Å²) in [4.78, 5) is 3.01. The first kappa shape index (κ1) is 134. The minimum atomic E-state index is -7.33. The standard InChI is InChI=1S/C17H16F4O4S.C14H22O4S.4C14H15S.C13H14F6O6S2.C13H20O4S/c1-3-9(2)10-4-6-11(7-5-10)25-8-12-13(18)15(20)17(26(22,23)24)16(21)14(12)19;1-3-12(2)13-6-8-14(9-7-13)18-10-4-5-11-19(15,16)17;4*1-3-5-12-15(13-6-4-2)14-10-8-7-9-11-14;1-3-8(2)9-4-6-10(7-5-9)25-27(23,24)13(18,19)11(14,15)12(16,17)26(20,21)22;1-3-11(2)12-5-7-13(8-6-12)17-9-4-10-18(14,15)16/h4-7,9H,3,8H2,1-2H3,(H,22,23,24);6-9,12H,3-5,10-11H2,1-2H3,(H,15,16,17);4*3-13H,1-2H2;4-8H,3H2,1-2H3,(H,20,21,22);5-8,11H,3-4,9-10H2,1-2H3,(H,14,15,16)/q;;4*+1;;/p-4/b;;4*12-5+,13-6+;;. The number of allylic oxidation sites excluding steroid dienone is 16. The van der Waals surface area contributed by atoms with Gasteiger partial charge in [-0.15, -0.1) is 0 Å². The van der Waals surface area contributed by atoms with Gasteiger partial charge in [0.15, 0.2) is 53.0 Å². The molecule has 0 saturated heterocycles. The van der Waals surface area contributed by atoms with Crippen LogP contribution in [0.15, 0.2) is 436 Å². The minimum Gasteiger partial charge on any atom is -0.748 e. The first-order chi connectivity index (χ1) is 70.9. The smallest absolute Gasteiger partial charge is 0.450 e. The van der Waals surface area contributed by atoms with E-state index in [0.717, 1.165) is 42.7 Å². The summed E-state index contributed by atoms with van der Waals surface area (Å²) in [7, 11) is -28.1. The van der Waals surface area contributed by atoms with Crippen molar-refractivity contribution < 1.29 is 123 Å². The third-order valence-corrected chi connectivity index (χ3v) is 32.1. The highest BCUT2D eigenvalue weighted by atomic mass is 32.2. The van der Waals surface area contributed by atoms with E-state index in [2.05, 4.69) is 225 Å². The SMILES string of the molecule is C=C/C=C/[S+](/C=C/C=C)c1ccccc1.C=C/C=C/[S+](/C=C/C=C)c1ccccc1.C=C/C=C/[S+](/C=C/C=C)c1ccccc1.C=C/C=C/[S+](/C=C/C=C)c1ccccc1.CCC(C)c1ccc(OCCCCS(=O)(=O)[O-])cc1.CCC(C)c1ccc(OCCCS(=O)(=O)[O-])cc1.CCC(C)c1ccc(OCc2c(F)c(F)c(S(=O)(=O)[O-])c(F)c2F)cc1.CCC(C)c1ccc(OS(=O)(=O)C(F)(F)C(F)(F)C(F)(F)S(=O)(=O)[O-])cc1. The van der Waals surface area contributed by atoms with Gasteiger partial charge in [0.2, 0.25) is 0 Å². The lowest BCUT2D eigenvalue weighted by Gasteiger charge is -2.32. The molecule has 9 aromatic rings. The summed E-state index contributed by atoms with van der Waals surface area (Å²) >= 11 is 0. The maximum atomic E-state index is 13.9. The summed E-state index contributed by atoms with van der Waals surface area (Å²) in [6.07, 6.45) is 35.1. The van der Waals surface area contributed by atoms with E-state index in [1.807, 2.05) is 142 Å². The number of rotatable bonds is 49. The lowest BCUT2D eigenvalue weighted by atomic mass is 9.99. The Hall–Kier alpha value is -11.7. The fourth-order valence-corrected chi connectivity index (χ4v) is 20.3. The van der Waals surface area contributed by atoms with E-state index in [1.54, 1.807) is 67.7 Å². The first-order valence-electron chi connectivity index (χ1n) is 46.3. The van der Waals surface area contributed by atoms with E-state index in [0.29, 0.717) is 54.9 Å². The average Bonchev–Trinajstić information content (AvgIpc) is 0.720. The van der Waals surface area contributed by atoms with Gasteiger partial charge in [0, 0.05) is 11.5 Å². The van der Waals surface area contributed by atoms with Crippen LogP contribution in [0.1, 0.15) is 152 Å². The Balaban J connectivity index is 0.000000585. The molecule has 0 amide bonds. The Kier molecular flexibility index (Phi) is 63.1. The van der Waals surface area contributed by atoms with Gasteiger partial charge < -0.3 is 36.6 Å². The highest BCUT2D eigenvalue weighted by Crippen LogP contribution is 2.51. The van der Waals surface area contributed by atoms with Crippen molar-refractivity contribution in [3.63, 3.8) is 0 Å². The number of alkyl halides is 6. The van der Waals surface area contributed by atoms with Gasteiger partial charge in [0.05, 0.1) is 82.6 Å². The van der Waals surface area contributed by atoms with Crippen LogP contribution in [-0.4, -0.2) is 101 Å². The second-order valence-electron chi connectivity index (χ2n) is 31.5. The van der Waals surface area contributed by atoms with E-state index in [4.69, 9.17) is 14.2 Å². The van der Waals surface area contributed by atoms with Crippen molar-refractivity contribution in [3.8, 4) is 23.0 Å². The zero-order valence-corrected chi connectivity index (χ0v) is 91.7. The number of halogens is 10. The topological polar surface area (TPSA) is 300 Å². The molecule has 0 aromatic heterocycles. The lowest BCUT2D eigenvalue weighted by molar-refractivity contribution is -0.247. The number of unbranched alkanes of at least 4 members (excludes halogenated alkanes) is 1. The molecule has 0 N–H and O–H groups in total. The summed E-state index contributed by atoms with van der Waals surface area (Å²) in [6, 6.07) is 67.9. The largest absolute Gasteiger partial charge is 0.748 e. The molecule has 0 radical (unpaired) electrons. The van der Waals surface area contributed by atoms with E-state index < -0.39 is 113 Å². The van der Waals surface area contributed by atoms with Crippen molar-refractivity contribution >= 4 is 94.2 Å². The average molecular weight is 2250 g/mol. The molecule has 37 heteroatoms. The molecule has 0 fully saturated rings. The quantitative estimate of drug-likeness (QED) is 0.00650. The lowest BCUT2D eigenvalue weighted by Crippen LogP contribution is -2.61. The molecule has 150 heavy (non-hydrogen) atoms. The predicted octanol–water partition coefficient (Wildman–Crippen LogP) is 29.2. The van der Waals surface area contributed by atoms with Crippen LogP contribution in [0, 0.1) is 23.3 Å². The van der Waals surface area contributed by atoms with Crippen LogP contribution in [0.5, 0.6) is 23.0 Å². The molecule has 0 heterocycles. The molecule has 4 unspecified atom stereocenters. The summed E-state index contributed by atoms with van der Waals surface area (Å²) < 4.78 is 303. The van der Waals surface area contributed by atoms with Gasteiger partial charge in [-0.05, 0) is 237 Å². The normalized spacial score (nSPS) is 12.8. The molecule has 812 valence electrons. The van der Waals surface area contributed by atoms with Crippen molar-refractivity contribution in [1.82, 2.24) is 0 Å². The zero-order valence-electron chi connectivity index (χ0n) is 84.4. The van der Waals surface area contributed by atoms with Crippen LogP contribution in [0.25, 0.3) is 0 Å². The van der Waals surface area contributed by atoms with Crippen LogP contribution in [0.3, 0.4) is 0 Å². The summed E-state index contributed by atoms with van der Waals surface area (Å²) in [5.74, 6) is -14.2. The van der Waals surface area contributed by atoms with Gasteiger partial charge in [-0.2, -0.15) is 34.8 Å². The monoisotopic (exact) mass is 2250 g/mol. The molecule has 0 aliphatic carbocycles. The first-order valence-corrected chi connectivity index (χ1v) is 59.1. The molecule has 0 aliphatic heterocycles. The Bertz CT molecular complexity index is 6080. The van der Waals surface area contributed by atoms with Gasteiger partial charge in [0.1, 0.15) is 87.9 Å². The molecular formula is C113H128F10O18S9. The van der Waals surface area contributed by atoms with E-state index in [9.17, 15) is 104 Å². The van der Waals surface area contributed by atoms with Gasteiger partial charge in [0.25, 0.3) is 0 Å². The molecule has 0 bridgehead atoms. The fraction of sp³-hybridized carbons (Fsp3) is 0.239. The van der Waals surface area contributed by atoms with Crippen molar-refractivity contribution in [3.05, 3.63) is 463 Å². The van der Waals surface area contributed by atoms with Gasteiger partial charge in [-0.1, -0.05) is 278 Å². The molecule has 18 nitrogen and oxygen atoms in total. The summed E-state index contributed by atoms with van der Waals surface area (Å²) in [5.41, 5.74) is 3.01. The van der Waals surface area contributed by atoms with Gasteiger partial charge in [-0.25, -0.2) is 51.2 Å². The third-order valence-electron chi connectivity index (χ3n) is 20.6. The maximum absolute atomic E-state index is 13.9. The second kappa shape index (κ2) is 70.4. The highest BCUT2D eigenvalue weighted by Gasteiger charge is 2.81. The summed E-state index contributed by atoms with van der Waals surface area (Å²) in [5, 5.41) is 3.47. The third kappa shape index (κ3) is 49.2. The summed E-state index contributed by atoms with van der Waals surface area (Å²) in [6.45, 7) is 45.4.